The molecule has 1 fully saturated rings. The average molecular weight is 322 g/mol. The van der Waals surface area contributed by atoms with Gasteiger partial charge in [-0.2, -0.15) is 0 Å². The maximum absolute atomic E-state index is 4.90. The van der Waals surface area contributed by atoms with Gasteiger partial charge in [0.25, 0.3) is 0 Å². The second-order valence-electron chi connectivity index (χ2n) is 7.14. The third-order valence-corrected chi connectivity index (χ3v) is 5.13. The summed E-state index contributed by atoms with van der Waals surface area (Å²) >= 11 is 0. The first-order valence-electron chi connectivity index (χ1n) is 9.20. The van der Waals surface area contributed by atoms with Gasteiger partial charge in [0.15, 0.2) is 0 Å². The first-order valence-corrected chi connectivity index (χ1v) is 9.20. The molecule has 0 unspecified atom stereocenters. The molecule has 0 bridgehead atoms. The molecule has 1 saturated carbocycles. The Bertz CT molecular complexity index is 723. The highest BCUT2D eigenvalue weighted by Gasteiger charge is 2.28. The number of anilines is 2. The van der Waals surface area contributed by atoms with Crippen molar-refractivity contribution in [3.8, 4) is 0 Å². The molecule has 1 aromatic carbocycles. The van der Waals surface area contributed by atoms with E-state index in [4.69, 9.17) is 9.97 Å². The molecule has 0 spiro atoms. The first kappa shape index (κ1) is 15.4. The van der Waals surface area contributed by atoms with Crippen LogP contribution in [0.2, 0.25) is 0 Å². The van der Waals surface area contributed by atoms with Crippen LogP contribution in [0.15, 0.2) is 30.3 Å². The Hall–Kier alpha value is -2.10. The highest BCUT2D eigenvalue weighted by Crippen LogP contribution is 2.39. The largest absolute Gasteiger partial charge is 0.367 e. The highest BCUT2D eigenvalue weighted by molar-refractivity contribution is 5.52. The van der Waals surface area contributed by atoms with Crippen molar-refractivity contribution in [1.29, 1.82) is 0 Å². The topological polar surface area (TPSA) is 41.0 Å². The van der Waals surface area contributed by atoms with Gasteiger partial charge < -0.3 is 10.2 Å². The van der Waals surface area contributed by atoms with E-state index in [0.717, 1.165) is 43.4 Å². The Labute approximate surface area is 144 Å². The monoisotopic (exact) mass is 322 g/mol. The van der Waals surface area contributed by atoms with Gasteiger partial charge in [-0.05, 0) is 43.7 Å². The molecule has 1 N–H and O–H groups in total. The minimum atomic E-state index is 0.432. The summed E-state index contributed by atoms with van der Waals surface area (Å²) < 4.78 is 0. The Morgan fingerprint density at radius 2 is 2.00 bits per heavy atom. The van der Waals surface area contributed by atoms with E-state index in [0.29, 0.717) is 12.0 Å². The molecule has 1 atom stereocenters. The summed E-state index contributed by atoms with van der Waals surface area (Å²) in [5.74, 6) is 3.65. The van der Waals surface area contributed by atoms with E-state index in [-0.39, 0.29) is 0 Å². The molecule has 0 saturated heterocycles. The lowest BCUT2D eigenvalue weighted by atomic mass is 10.00. The standard InChI is InChI=1S/C20H26N4/c1-3-14(2)21-18-12-19(23-20(22-18)16-8-9-16)24-11-10-15-6-4-5-7-17(15)13-24/h4-7,12,14,16H,3,8-11,13H2,1-2H3,(H,21,22,23)/t14-/m1/s1. The quantitative estimate of drug-likeness (QED) is 0.899. The fourth-order valence-corrected chi connectivity index (χ4v) is 3.26. The maximum atomic E-state index is 4.90. The molecule has 4 rings (SSSR count). The molecule has 1 aliphatic carbocycles. The first-order chi connectivity index (χ1) is 11.7. The minimum absolute atomic E-state index is 0.432. The number of hydrogen-bond acceptors (Lipinski definition) is 4. The second-order valence-corrected chi connectivity index (χ2v) is 7.14. The van der Waals surface area contributed by atoms with Gasteiger partial charge in [-0.3, -0.25) is 0 Å². The number of hydrogen-bond donors (Lipinski definition) is 1. The molecule has 0 radical (unpaired) electrons. The van der Waals surface area contributed by atoms with Crippen LogP contribution in [0.25, 0.3) is 0 Å². The van der Waals surface area contributed by atoms with Crippen molar-refractivity contribution in [2.24, 2.45) is 0 Å². The van der Waals surface area contributed by atoms with E-state index in [1.165, 1.54) is 24.0 Å². The van der Waals surface area contributed by atoms with Crippen molar-refractivity contribution < 1.29 is 0 Å². The maximum Gasteiger partial charge on any atom is 0.136 e. The highest BCUT2D eigenvalue weighted by atomic mass is 15.2. The summed E-state index contributed by atoms with van der Waals surface area (Å²) in [5.41, 5.74) is 2.90. The molecule has 4 heteroatoms. The SMILES string of the molecule is CC[C@@H](C)Nc1cc(N2CCc3ccccc3C2)nc(C2CC2)n1. The van der Waals surface area contributed by atoms with Gasteiger partial charge in [0.2, 0.25) is 0 Å². The number of rotatable bonds is 5. The lowest BCUT2D eigenvalue weighted by molar-refractivity contribution is 0.711. The molecule has 4 nitrogen and oxygen atoms in total. The third kappa shape index (κ3) is 3.23. The van der Waals surface area contributed by atoms with Crippen molar-refractivity contribution in [3.05, 3.63) is 47.3 Å². The summed E-state index contributed by atoms with van der Waals surface area (Å²) in [7, 11) is 0. The lowest BCUT2D eigenvalue weighted by Crippen LogP contribution is -2.31. The van der Waals surface area contributed by atoms with Crippen molar-refractivity contribution in [2.45, 2.75) is 58.0 Å². The van der Waals surface area contributed by atoms with Gasteiger partial charge >= 0.3 is 0 Å². The molecule has 24 heavy (non-hydrogen) atoms. The number of benzene rings is 1. The molecule has 2 aromatic rings. The Balaban J connectivity index is 1.62. The fraction of sp³-hybridized carbons (Fsp3) is 0.500. The smallest absolute Gasteiger partial charge is 0.136 e. The van der Waals surface area contributed by atoms with Crippen LogP contribution in [0.4, 0.5) is 11.6 Å². The van der Waals surface area contributed by atoms with Crippen LogP contribution in [0.1, 0.15) is 56.0 Å². The Morgan fingerprint density at radius 3 is 2.75 bits per heavy atom. The summed E-state index contributed by atoms with van der Waals surface area (Å²) in [6.07, 6.45) is 4.65. The van der Waals surface area contributed by atoms with Crippen LogP contribution in [0, 0.1) is 0 Å². The number of nitrogens with zero attached hydrogens (tertiary/aromatic N) is 3. The van der Waals surface area contributed by atoms with E-state index >= 15 is 0 Å². The fourth-order valence-electron chi connectivity index (χ4n) is 3.26. The number of fused-ring (bicyclic) bond motifs is 1. The van der Waals surface area contributed by atoms with Crippen molar-refractivity contribution in [1.82, 2.24) is 9.97 Å². The van der Waals surface area contributed by atoms with Gasteiger partial charge in [-0.1, -0.05) is 31.2 Å². The Kier molecular flexibility index (Phi) is 4.13. The average Bonchev–Trinajstić information content (AvgIpc) is 3.46. The molecular weight excluding hydrogens is 296 g/mol. The number of aromatic nitrogens is 2. The van der Waals surface area contributed by atoms with Gasteiger partial charge in [0.1, 0.15) is 17.5 Å². The van der Waals surface area contributed by atoms with Gasteiger partial charge in [-0.15, -0.1) is 0 Å². The Morgan fingerprint density at radius 1 is 1.21 bits per heavy atom. The van der Waals surface area contributed by atoms with Crippen LogP contribution >= 0.6 is 0 Å². The van der Waals surface area contributed by atoms with E-state index in [2.05, 4.69) is 54.4 Å². The summed E-state index contributed by atoms with van der Waals surface area (Å²) in [4.78, 5) is 12.1. The van der Waals surface area contributed by atoms with Crippen LogP contribution in [-0.4, -0.2) is 22.6 Å². The minimum Gasteiger partial charge on any atom is -0.367 e. The van der Waals surface area contributed by atoms with E-state index in [9.17, 15) is 0 Å². The van der Waals surface area contributed by atoms with E-state index in [1.54, 1.807) is 0 Å². The van der Waals surface area contributed by atoms with Gasteiger partial charge in [0, 0.05) is 31.1 Å². The van der Waals surface area contributed by atoms with E-state index in [1.807, 2.05) is 0 Å². The summed E-state index contributed by atoms with van der Waals surface area (Å²) in [6.45, 7) is 6.37. The van der Waals surface area contributed by atoms with Crippen LogP contribution in [0.5, 0.6) is 0 Å². The van der Waals surface area contributed by atoms with Crippen LogP contribution in [-0.2, 0) is 13.0 Å². The van der Waals surface area contributed by atoms with E-state index < -0.39 is 0 Å². The van der Waals surface area contributed by atoms with Gasteiger partial charge in [0.05, 0.1) is 0 Å². The second kappa shape index (κ2) is 6.42. The predicted molar refractivity (Wildman–Crippen MR) is 98.6 cm³/mol. The normalized spacial score (nSPS) is 18.2. The predicted octanol–water partition coefficient (Wildman–Crippen LogP) is 4.13. The van der Waals surface area contributed by atoms with Crippen molar-refractivity contribution in [2.75, 3.05) is 16.8 Å². The zero-order valence-electron chi connectivity index (χ0n) is 14.6. The molecular formula is C20H26N4. The lowest BCUT2D eigenvalue weighted by Gasteiger charge is -2.30. The molecule has 126 valence electrons. The molecule has 2 aliphatic rings. The van der Waals surface area contributed by atoms with Crippen molar-refractivity contribution in [3.63, 3.8) is 0 Å². The molecule has 1 aliphatic heterocycles. The summed E-state index contributed by atoms with van der Waals surface area (Å²) in [6, 6.07) is 11.3. The zero-order chi connectivity index (χ0) is 16.5. The van der Waals surface area contributed by atoms with Crippen LogP contribution < -0.4 is 10.2 Å². The summed E-state index contributed by atoms with van der Waals surface area (Å²) in [5, 5.41) is 3.54. The molecule has 0 amide bonds. The molecule has 2 heterocycles. The number of nitrogens with one attached hydrogen (secondary N) is 1. The van der Waals surface area contributed by atoms with Crippen molar-refractivity contribution >= 4 is 11.6 Å². The third-order valence-electron chi connectivity index (χ3n) is 5.13. The molecule has 1 aromatic heterocycles. The van der Waals surface area contributed by atoms with Crippen LogP contribution in [0.3, 0.4) is 0 Å². The van der Waals surface area contributed by atoms with Gasteiger partial charge in [-0.25, -0.2) is 9.97 Å². The zero-order valence-corrected chi connectivity index (χ0v) is 14.6.